The maximum absolute atomic E-state index is 12.4. The molecule has 0 radical (unpaired) electrons. The predicted octanol–water partition coefficient (Wildman–Crippen LogP) is 4.77. The van der Waals surface area contributed by atoms with Crippen molar-refractivity contribution in [1.82, 2.24) is 0 Å². The average Bonchev–Trinajstić information content (AvgIpc) is 2.44. The van der Waals surface area contributed by atoms with Gasteiger partial charge in [-0.15, -0.1) is 0 Å². The van der Waals surface area contributed by atoms with E-state index in [1.807, 2.05) is 0 Å². The van der Waals surface area contributed by atoms with E-state index in [2.05, 4.69) is 10.0 Å². The van der Waals surface area contributed by atoms with E-state index in [0.717, 1.165) is 0 Å². The summed E-state index contributed by atoms with van der Waals surface area (Å²) in [5.41, 5.74) is -0.0376. The highest BCUT2D eigenvalue weighted by atomic mass is 35.5. The summed E-state index contributed by atoms with van der Waals surface area (Å²) in [6.45, 7) is -1.30. The molecule has 2 aromatic carbocycles. The molecule has 0 fully saturated rings. The van der Waals surface area contributed by atoms with Crippen molar-refractivity contribution in [2.75, 3.05) is 16.6 Å². The molecule has 130 valence electrons. The molecular formula is C14H11Cl2F3N2O2S. The zero-order chi connectivity index (χ0) is 18.0. The quantitative estimate of drug-likeness (QED) is 0.762. The third kappa shape index (κ3) is 5.19. The fourth-order valence-corrected chi connectivity index (χ4v) is 3.61. The van der Waals surface area contributed by atoms with E-state index in [-0.39, 0.29) is 26.3 Å². The van der Waals surface area contributed by atoms with Gasteiger partial charge in [0.25, 0.3) is 10.0 Å². The third-order valence-corrected chi connectivity index (χ3v) is 4.58. The monoisotopic (exact) mass is 398 g/mol. The van der Waals surface area contributed by atoms with Crippen molar-refractivity contribution < 1.29 is 21.6 Å². The normalized spacial score (nSPS) is 12.0. The highest BCUT2D eigenvalue weighted by Crippen LogP contribution is 2.28. The van der Waals surface area contributed by atoms with E-state index in [0.29, 0.717) is 0 Å². The molecule has 0 saturated heterocycles. The van der Waals surface area contributed by atoms with Crippen LogP contribution in [0.3, 0.4) is 0 Å². The number of nitrogens with one attached hydrogen (secondary N) is 2. The predicted molar refractivity (Wildman–Crippen MR) is 88.3 cm³/mol. The molecule has 0 aromatic heterocycles. The smallest absolute Gasteiger partial charge is 0.375 e. The first kappa shape index (κ1) is 18.7. The minimum Gasteiger partial charge on any atom is -0.375 e. The molecule has 24 heavy (non-hydrogen) atoms. The van der Waals surface area contributed by atoms with Gasteiger partial charge in [0.05, 0.1) is 16.3 Å². The SMILES string of the molecule is O=S(=O)(Nc1ccccc1NCC(F)(F)F)c1cc(Cl)cc(Cl)c1. The van der Waals surface area contributed by atoms with Crippen LogP contribution in [0.25, 0.3) is 0 Å². The Hall–Kier alpha value is -1.64. The maximum Gasteiger partial charge on any atom is 0.405 e. The summed E-state index contributed by atoms with van der Waals surface area (Å²) < 4.78 is 64.0. The Morgan fingerprint density at radius 2 is 1.50 bits per heavy atom. The Morgan fingerprint density at radius 1 is 0.958 bits per heavy atom. The number of rotatable bonds is 5. The number of anilines is 2. The molecule has 2 N–H and O–H groups in total. The zero-order valence-corrected chi connectivity index (χ0v) is 14.2. The van der Waals surface area contributed by atoms with Crippen LogP contribution in [0.2, 0.25) is 10.0 Å². The van der Waals surface area contributed by atoms with Crippen LogP contribution in [0.5, 0.6) is 0 Å². The highest BCUT2D eigenvalue weighted by molar-refractivity contribution is 7.92. The molecule has 0 aliphatic rings. The summed E-state index contributed by atoms with van der Waals surface area (Å²) in [4.78, 5) is -0.203. The Labute approximate surface area is 146 Å². The Morgan fingerprint density at radius 3 is 2.04 bits per heavy atom. The lowest BCUT2D eigenvalue weighted by Crippen LogP contribution is -2.22. The molecule has 2 rings (SSSR count). The second-order valence-electron chi connectivity index (χ2n) is 4.72. The minimum absolute atomic E-state index is 0.00785. The first-order valence-electron chi connectivity index (χ1n) is 6.45. The Kier molecular flexibility index (Phi) is 5.52. The lowest BCUT2D eigenvalue weighted by Gasteiger charge is -2.15. The lowest BCUT2D eigenvalue weighted by molar-refractivity contribution is -0.115. The van der Waals surface area contributed by atoms with E-state index in [4.69, 9.17) is 23.2 Å². The summed E-state index contributed by atoms with van der Waals surface area (Å²) in [5, 5.41) is 2.38. The molecule has 0 spiro atoms. The Balaban J connectivity index is 2.30. The van der Waals surface area contributed by atoms with Crippen molar-refractivity contribution >= 4 is 44.6 Å². The second-order valence-corrected chi connectivity index (χ2v) is 7.28. The van der Waals surface area contributed by atoms with Gasteiger partial charge in [-0.2, -0.15) is 13.2 Å². The number of sulfonamides is 1. The second kappa shape index (κ2) is 7.08. The lowest BCUT2D eigenvalue weighted by atomic mass is 10.3. The number of halogens is 5. The summed E-state index contributed by atoms with van der Waals surface area (Å²) in [6, 6.07) is 9.36. The number of alkyl halides is 3. The van der Waals surface area contributed by atoms with Crippen LogP contribution < -0.4 is 10.0 Å². The van der Waals surface area contributed by atoms with Gasteiger partial charge in [0, 0.05) is 10.0 Å². The van der Waals surface area contributed by atoms with Crippen molar-refractivity contribution in [3.63, 3.8) is 0 Å². The van der Waals surface area contributed by atoms with E-state index in [9.17, 15) is 21.6 Å². The first-order chi connectivity index (χ1) is 11.1. The van der Waals surface area contributed by atoms with E-state index < -0.39 is 22.7 Å². The van der Waals surface area contributed by atoms with Gasteiger partial charge in [0.2, 0.25) is 0 Å². The molecule has 0 aliphatic heterocycles. The molecule has 0 heterocycles. The molecule has 0 amide bonds. The highest BCUT2D eigenvalue weighted by Gasteiger charge is 2.27. The summed E-state index contributed by atoms with van der Waals surface area (Å²) in [7, 11) is -4.07. The first-order valence-corrected chi connectivity index (χ1v) is 8.69. The summed E-state index contributed by atoms with van der Waals surface area (Å²) in [5.74, 6) is 0. The minimum atomic E-state index is -4.44. The molecule has 0 saturated carbocycles. The molecule has 0 bridgehead atoms. The molecule has 0 aliphatic carbocycles. The van der Waals surface area contributed by atoms with Gasteiger partial charge in [-0.1, -0.05) is 35.3 Å². The van der Waals surface area contributed by atoms with Crippen molar-refractivity contribution in [3.8, 4) is 0 Å². The van der Waals surface area contributed by atoms with Crippen LogP contribution in [0.15, 0.2) is 47.4 Å². The van der Waals surface area contributed by atoms with Gasteiger partial charge in [0.15, 0.2) is 0 Å². The van der Waals surface area contributed by atoms with E-state index in [1.165, 1.54) is 42.5 Å². The van der Waals surface area contributed by atoms with E-state index >= 15 is 0 Å². The van der Waals surface area contributed by atoms with Crippen molar-refractivity contribution in [2.45, 2.75) is 11.1 Å². The molecule has 10 heteroatoms. The fraction of sp³-hybridized carbons (Fsp3) is 0.143. The van der Waals surface area contributed by atoms with Crippen molar-refractivity contribution in [1.29, 1.82) is 0 Å². The average molecular weight is 399 g/mol. The largest absolute Gasteiger partial charge is 0.405 e. The van der Waals surface area contributed by atoms with Crippen LogP contribution in [-0.2, 0) is 10.0 Å². The standard InChI is InChI=1S/C14H11Cl2F3N2O2S/c15-9-5-10(16)7-11(6-9)24(22,23)21-13-4-2-1-3-12(13)20-8-14(17,18)19/h1-7,20-21H,8H2. The van der Waals surface area contributed by atoms with Crippen LogP contribution in [0.1, 0.15) is 0 Å². The number of para-hydroxylation sites is 2. The molecular weight excluding hydrogens is 388 g/mol. The number of benzene rings is 2. The van der Waals surface area contributed by atoms with Crippen LogP contribution >= 0.6 is 23.2 Å². The van der Waals surface area contributed by atoms with Gasteiger partial charge in [-0.25, -0.2) is 8.42 Å². The maximum atomic E-state index is 12.4. The van der Waals surface area contributed by atoms with Gasteiger partial charge in [-0.3, -0.25) is 4.72 Å². The van der Waals surface area contributed by atoms with Crippen LogP contribution in [0.4, 0.5) is 24.5 Å². The van der Waals surface area contributed by atoms with Gasteiger partial charge in [0.1, 0.15) is 6.54 Å². The van der Waals surface area contributed by atoms with Crippen molar-refractivity contribution in [2.24, 2.45) is 0 Å². The molecule has 2 aromatic rings. The van der Waals surface area contributed by atoms with Crippen molar-refractivity contribution in [3.05, 3.63) is 52.5 Å². The van der Waals surface area contributed by atoms with Gasteiger partial charge in [-0.05, 0) is 30.3 Å². The number of hydrogen-bond donors (Lipinski definition) is 2. The Bertz CT molecular complexity index is 822. The van der Waals surface area contributed by atoms with Gasteiger partial charge >= 0.3 is 6.18 Å². The van der Waals surface area contributed by atoms with Gasteiger partial charge < -0.3 is 5.32 Å². The topological polar surface area (TPSA) is 58.2 Å². The summed E-state index contributed by atoms with van der Waals surface area (Å²) >= 11 is 11.6. The zero-order valence-electron chi connectivity index (χ0n) is 11.9. The third-order valence-electron chi connectivity index (χ3n) is 2.80. The molecule has 0 unspecified atom stereocenters. The van der Waals surface area contributed by atoms with Crippen LogP contribution in [0, 0.1) is 0 Å². The fourth-order valence-electron chi connectivity index (χ4n) is 1.81. The molecule has 0 atom stereocenters. The van der Waals surface area contributed by atoms with Crippen LogP contribution in [-0.4, -0.2) is 21.1 Å². The number of hydrogen-bond acceptors (Lipinski definition) is 3. The summed E-state index contributed by atoms with van der Waals surface area (Å²) in [6.07, 6.45) is -4.44. The molecule has 4 nitrogen and oxygen atoms in total. The van der Waals surface area contributed by atoms with E-state index in [1.54, 1.807) is 0 Å².